The number of furan rings is 1. The molecule has 1 saturated heterocycles. The van der Waals surface area contributed by atoms with Gasteiger partial charge in [-0.05, 0) is 57.0 Å². The number of rotatable bonds is 6. The maximum atomic E-state index is 12.9. The molecule has 5 heteroatoms. The molecule has 1 aromatic carbocycles. The molecule has 0 radical (unpaired) electrons. The standard InChI is InChI=1S/C21H26N2O3/c1-14-4-6-15(7-5-14)26-13-20-16(8-9-25-20)21(24)23-11-18-17(10-22(2)3)19(18)12-23/h4-9,17-19H,10-13H2,1-3H3/t17?,18-,19+. The minimum absolute atomic E-state index is 0.0667. The van der Waals surface area contributed by atoms with Crippen molar-refractivity contribution in [3.8, 4) is 5.75 Å². The molecule has 1 unspecified atom stereocenters. The lowest BCUT2D eigenvalue weighted by Crippen LogP contribution is -2.33. The van der Waals surface area contributed by atoms with Crippen molar-refractivity contribution in [1.29, 1.82) is 0 Å². The van der Waals surface area contributed by atoms with Gasteiger partial charge in [0.2, 0.25) is 0 Å². The Morgan fingerprint density at radius 3 is 2.54 bits per heavy atom. The number of aryl methyl sites for hydroxylation is 1. The van der Waals surface area contributed by atoms with Crippen LogP contribution in [0.4, 0.5) is 0 Å². The van der Waals surface area contributed by atoms with Crippen LogP contribution in [0.3, 0.4) is 0 Å². The second-order valence-electron chi connectivity index (χ2n) is 7.82. The van der Waals surface area contributed by atoms with Crippen LogP contribution >= 0.6 is 0 Å². The lowest BCUT2D eigenvalue weighted by atomic mass is 10.2. The second-order valence-corrected chi connectivity index (χ2v) is 7.82. The topological polar surface area (TPSA) is 45.9 Å². The molecular weight excluding hydrogens is 328 g/mol. The summed E-state index contributed by atoms with van der Waals surface area (Å²) < 4.78 is 11.3. The van der Waals surface area contributed by atoms with Crippen LogP contribution in [0.15, 0.2) is 41.0 Å². The smallest absolute Gasteiger partial charge is 0.257 e. The molecule has 2 aliphatic rings. The van der Waals surface area contributed by atoms with E-state index in [2.05, 4.69) is 19.0 Å². The Hall–Kier alpha value is -2.27. The first-order chi connectivity index (χ1) is 12.5. The molecule has 0 bridgehead atoms. The van der Waals surface area contributed by atoms with Crippen molar-refractivity contribution in [2.24, 2.45) is 17.8 Å². The lowest BCUT2D eigenvalue weighted by molar-refractivity contribution is 0.0760. The van der Waals surface area contributed by atoms with E-state index in [1.54, 1.807) is 12.3 Å². The van der Waals surface area contributed by atoms with Crippen LogP contribution in [0.2, 0.25) is 0 Å². The Morgan fingerprint density at radius 1 is 1.19 bits per heavy atom. The molecule has 3 atom stereocenters. The first kappa shape index (κ1) is 17.2. The molecule has 138 valence electrons. The van der Waals surface area contributed by atoms with E-state index in [9.17, 15) is 4.79 Å². The van der Waals surface area contributed by atoms with Gasteiger partial charge in [-0.3, -0.25) is 4.79 Å². The van der Waals surface area contributed by atoms with Crippen molar-refractivity contribution in [3.05, 3.63) is 53.5 Å². The highest BCUT2D eigenvalue weighted by Gasteiger charge is 2.56. The number of nitrogens with zero attached hydrogens (tertiary/aromatic N) is 2. The number of hydrogen-bond donors (Lipinski definition) is 0. The van der Waals surface area contributed by atoms with Crippen LogP contribution in [-0.2, 0) is 6.61 Å². The zero-order valence-electron chi connectivity index (χ0n) is 15.6. The summed E-state index contributed by atoms with van der Waals surface area (Å²) in [7, 11) is 4.23. The number of ether oxygens (including phenoxy) is 1. The highest BCUT2D eigenvalue weighted by Crippen LogP contribution is 2.52. The molecule has 1 amide bonds. The van der Waals surface area contributed by atoms with Gasteiger partial charge in [0, 0.05) is 19.6 Å². The summed E-state index contributed by atoms with van der Waals surface area (Å²) >= 11 is 0. The van der Waals surface area contributed by atoms with Crippen LogP contribution in [0, 0.1) is 24.7 Å². The third-order valence-electron chi connectivity index (χ3n) is 5.60. The molecule has 2 aromatic rings. The highest BCUT2D eigenvalue weighted by molar-refractivity contribution is 5.95. The number of carbonyl (C=O) groups is 1. The fourth-order valence-corrected chi connectivity index (χ4v) is 4.10. The van der Waals surface area contributed by atoms with Gasteiger partial charge in [0.05, 0.1) is 11.8 Å². The number of fused-ring (bicyclic) bond motifs is 1. The van der Waals surface area contributed by atoms with E-state index in [1.807, 2.05) is 36.1 Å². The van der Waals surface area contributed by atoms with Crippen LogP contribution in [-0.4, -0.2) is 49.4 Å². The monoisotopic (exact) mass is 354 g/mol. The van der Waals surface area contributed by atoms with Gasteiger partial charge in [-0.2, -0.15) is 0 Å². The minimum atomic E-state index is 0.0667. The summed E-state index contributed by atoms with van der Waals surface area (Å²) in [6.07, 6.45) is 1.58. The molecule has 1 aliphatic carbocycles. The van der Waals surface area contributed by atoms with Crippen LogP contribution in [0.1, 0.15) is 21.7 Å². The third kappa shape index (κ3) is 3.36. The molecule has 1 saturated carbocycles. The summed E-state index contributed by atoms with van der Waals surface area (Å²) in [4.78, 5) is 17.1. The maximum absolute atomic E-state index is 12.9. The average Bonchev–Trinajstić information content (AvgIpc) is 3.01. The molecule has 4 rings (SSSR count). The first-order valence-corrected chi connectivity index (χ1v) is 9.23. The molecule has 0 spiro atoms. The largest absolute Gasteiger partial charge is 0.486 e. The van der Waals surface area contributed by atoms with E-state index in [1.165, 1.54) is 5.56 Å². The quantitative estimate of drug-likeness (QED) is 0.800. The Kier molecular flexibility index (Phi) is 4.49. The molecule has 1 aromatic heterocycles. The van der Waals surface area contributed by atoms with Gasteiger partial charge in [0.15, 0.2) is 5.76 Å². The zero-order valence-corrected chi connectivity index (χ0v) is 15.6. The van der Waals surface area contributed by atoms with E-state index >= 15 is 0 Å². The number of likely N-dealkylation sites (tertiary alicyclic amines) is 1. The Morgan fingerprint density at radius 2 is 1.88 bits per heavy atom. The predicted octanol–water partition coefficient (Wildman–Crippen LogP) is 3.05. The van der Waals surface area contributed by atoms with Crippen molar-refractivity contribution in [1.82, 2.24) is 9.80 Å². The van der Waals surface area contributed by atoms with E-state index in [0.717, 1.165) is 31.3 Å². The maximum Gasteiger partial charge on any atom is 0.257 e. The molecular formula is C21H26N2O3. The van der Waals surface area contributed by atoms with Gasteiger partial charge in [0.1, 0.15) is 12.4 Å². The Balaban J connectivity index is 1.35. The molecule has 1 aliphatic heterocycles. The van der Waals surface area contributed by atoms with Gasteiger partial charge in [-0.15, -0.1) is 0 Å². The molecule has 5 nitrogen and oxygen atoms in total. The van der Waals surface area contributed by atoms with Crippen molar-refractivity contribution >= 4 is 5.91 Å². The van der Waals surface area contributed by atoms with Gasteiger partial charge >= 0.3 is 0 Å². The Labute approximate surface area is 154 Å². The van der Waals surface area contributed by atoms with Crippen molar-refractivity contribution in [3.63, 3.8) is 0 Å². The summed E-state index contributed by atoms with van der Waals surface area (Å²) in [6.45, 7) is 5.16. The van der Waals surface area contributed by atoms with Crippen molar-refractivity contribution in [2.75, 3.05) is 33.7 Å². The summed E-state index contributed by atoms with van der Waals surface area (Å²) in [5.74, 6) is 3.53. The average molecular weight is 354 g/mol. The fraction of sp³-hybridized carbons (Fsp3) is 0.476. The SMILES string of the molecule is Cc1ccc(OCc2occc2C(=O)N2C[C@@H]3C(CN(C)C)[C@@H]3C2)cc1. The molecule has 2 heterocycles. The van der Waals surface area contributed by atoms with Gasteiger partial charge < -0.3 is 19.0 Å². The number of piperidine rings is 1. The second kappa shape index (κ2) is 6.80. The van der Waals surface area contributed by atoms with E-state index < -0.39 is 0 Å². The fourth-order valence-electron chi connectivity index (χ4n) is 4.10. The van der Waals surface area contributed by atoms with Gasteiger partial charge in [-0.25, -0.2) is 0 Å². The molecule has 2 fully saturated rings. The summed E-state index contributed by atoms with van der Waals surface area (Å²) in [5.41, 5.74) is 1.81. The van der Waals surface area contributed by atoms with E-state index in [0.29, 0.717) is 23.2 Å². The lowest BCUT2D eigenvalue weighted by Gasteiger charge is -2.21. The number of benzene rings is 1. The number of carbonyl (C=O) groups excluding carboxylic acids is 1. The van der Waals surface area contributed by atoms with E-state index in [-0.39, 0.29) is 12.5 Å². The van der Waals surface area contributed by atoms with Crippen LogP contribution in [0.25, 0.3) is 0 Å². The highest BCUT2D eigenvalue weighted by atomic mass is 16.5. The van der Waals surface area contributed by atoms with Crippen molar-refractivity contribution in [2.45, 2.75) is 13.5 Å². The molecule has 26 heavy (non-hydrogen) atoms. The van der Waals surface area contributed by atoms with Gasteiger partial charge in [-0.1, -0.05) is 17.7 Å². The number of hydrogen-bond acceptors (Lipinski definition) is 4. The summed E-state index contributed by atoms with van der Waals surface area (Å²) in [5, 5.41) is 0. The minimum Gasteiger partial charge on any atom is -0.486 e. The Bertz CT molecular complexity index is 769. The van der Waals surface area contributed by atoms with E-state index in [4.69, 9.17) is 9.15 Å². The summed E-state index contributed by atoms with van der Waals surface area (Å²) in [6, 6.07) is 9.63. The third-order valence-corrected chi connectivity index (χ3v) is 5.60. The first-order valence-electron chi connectivity index (χ1n) is 9.23. The van der Waals surface area contributed by atoms with Crippen LogP contribution < -0.4 is 4.74 Å². The predicted molar refractivity (Wildman–Crippen MR) is 99.1 cm³/mol. The zero-order chi connectivity index (χ0) is 18.3. The van der Waals surface area contributed by atoms with Gasteiger partial charge in [0.25, 0.3) is 5.91 Å². The normalized spacial score (nSPS) is 24.0. The number of amides is 1. The van der Waals surface area contributed by atoms with Crippen LogP contribution in [0.5, 0.6) is 5.75 Å². The van der Waals surface area contributed by atoms with Crippen molar-refractivity contribution < 1.29 is 13.9 Å². The molecule has 0 N–H and O–H groups in total.